The standard InChI is InChI=1S/C14H11BrN4O3S/c15-9-5-8-7-17-14(19-13(8)12(20)6-9)18-10-1-3-11(4-2-10)23(16,21)22/h1-7,20H,(H2,16,21,22)(H,17,18,19). The number of benzene rings is 2. The number of nitrogens with zero attached hydrogens (tertiary/aromatic N) is 2. The van der Waals surface area contributed by atoms with Gasteiger partial charge in [0.15, 0.2) is 0 Å². The Morgan fingerprint density at radius 1 is 1.17 bits per heavy atom. The first-order chi connectivity index (χ1) is 10.8. The zero-order valence-corrected chi connectivity index (χ0v) is 14.0. The van der Waals surface area contributed by atoms with Crippen molar-refractivity contribution in [3.05, 3.63) is 47.1 Å². The van der Waals surface area contributed by atoms with Gasteiger partial charge < -0.3 is 10.4 Å². The van der Waals surface area contributed by atoms with Crippen molar-refractivity contribution in [2.45, 2.75) is 4.90 Å². The number of aromatic nitrogens is 2. The lowest BCUT2D eigenvalue weighted by atomic mass is 10.2. The van der Waals surface area contributed by atoms with E-state index in [1.807, 2.05) is 0 Å². The molecule has 1 heterocycles. The third-order valence-electron chi connectivity index (χ3n) is 3.07. The van der Waals surface area contributed by atoms with Crippen LogP contribution in [0.1, 0.15) is 0 Å². The molecule has 4 N–H and O–H groups in total. The Morgan fingerprint density at radius 3 is 2.52 bits per heavy atom. The van der Waals surface area contributed by atoms with Crippen molar-refractivity contribution in [1.29, 1.82) is 0 Å². The van der Waals surface area contributed by atoms with Crippen LogP contribution in [-0.4, -0.2) is 23.5 Å². The van der Waals surface area contributed by atoms with E-state index in [-0.39, 0.29) is 16.6 Å². The highest BCUT2D eigenvalue weighted by Crippen LogP contribution is 2.28. The molecule has 118 valence electrons. The lowest BCUT2D eigenvalue weighted by molar-refractivity contribution is 0.480. The Kier molecular flexibility index (Phi) is 3.92. The van der Waals surface area contributed by atoms with Gasteiger partial charge in [0.05, 0.1) is 4.90 Å². The molecule has 0 unspecified atom stereocenters. The van der Waals surface area contributed by atoms with E-state index in [0.717, 1.165) is 4.47 Å². The van der Waals surface area contributed by atoms with Gasteiger partial charge in [-0.25, -0.2) is 23.5 Å². The van der Waals surface area contributed by atoms with Gasteiger partial charge in [0.2, 0.25) is 16.0 Å². The molecule has 0 bridgehead atoms. The number of primary sulfonamides is 1. The fourth-order valence-corrected chi connectivity index (χ4v) is 2.99. The normalized spacial score (nSPS) is 11.6. The minimum absolute atomic E-state index is 0.0185. The average molecular weight is 395 g/mol. The van der Waals surface area contributed by atoms with Crippen molar-refractivity contribution in [2.75, 3.05) is 5.32 Å². The van der Waals surface area contributed by atoms with Crippen LogP contribution in [0.5, 0.6) is 5.75 Å². The number of halogens is 1. The molecule has 0 saturated carbocycles. The Balaban J connectivity index is 1.92. The first-order valence-corrected chi connectivity index (χ1v) is 8.72. The fraction of sp³-hybridized carbons (Fsp3) is 0. The minimum atomic E-state index is -3.73. The quantitative estimate of drug-likeness (QED) is 0.627. The monoisotopic (exact) mass is 394 g/mol. The van der Waals surface area contributed by atoms with Gasteiger partial charge in [0.1, 0.15) is 11.3 Å². The first kappa shape index (κ1) is 15.7. The predicted molar refractivity (Wildman–Crippen MR) is 90.0 cm³/mol. The molecule has 0 fully saturated rings. The molecular formula is C14H11BrN4O3S. The summed E-state index contributed by atoms with van der Waals surface area (Å²) in [6.45, 7) is 0. The van der Waals surface area contributed by atoms with Crippen molar-refractivity contribution >= 4 is 48.5 Å². The highest BCUT2D eigenvalue weighted by Gasteiger charge is 2.09. The van der Waals surface area contributed by atoms with Crippen LogP contribution in [0.2, 0.25) is 0 Å². The van der Waals surface area contributed by atoms with Crippen molar-refractivity contribution in [3.8, 4) is 5.75 Å². The number of hydrogen-bond acceptors (Lipinski definition) is 6. The molecule has 0 amide bonds. The van der Waals surface area contributed by atoms with Crippen LogP contribution in [0.25, 0.3) is 10.9 Å². The molecule has 0 aliphatic carbocycles. The molecule has 0 aliphatic heterocycles. The second kappa shape index (κ2) is 5.76. The molecular weight excluding hydrogens is 384 g/mol. The molecule has 2 aromatic carbocycles. The molecule has 0 atom stereocenters. The summed E-state index contributed by atoms with van der Waals surface area (Å²) in [4.78, 5) is 8.42. The zero-order valence-electron chi connectivity index (χ0n) is 11.6. The van der Waals surface area contributed by atoms with E-state index in [1.54, 1.807) is 30.5 Å². The van der Waals surface area contributed by atoms with Gasteiger partial charge in [-0.15, -0.1) is 0 Å². The maximum absolute atomic E-state index is 11.2. The summed E-state index contributed by atoms with van der Waals surface area (Å²) < 4.78 is 23.2. The summed E-state index contributed by atoms with van der Waals surface area (Å²) >= 11 is 3.29. The van der Waals surface area contributed by atoms with E-state index in [0.29, 0.717) is 16.6 Å². The second-order valence-electron chi connectivity index (χ2n) is 4.75. The van der Waals surface area contributed by atoms with Crippen LogP contribution in [0.3, 0.4) is 0 Å². The molecule has 0 radical (unpaired) electrons. The van der Waals surface area contributed by atoms with Crippen LogP contribution in [0.4, 0.5) is 11.6 Å². The lowest BCUT2D eigenvalue weighted by Crippen LogP contribution is -2.11. The van der Waals surface area contributed by atoms with E-state index < -0.39 is 10.0 Å². The Bertz CT molecular complexity index is 991. The van der Waals surface area contributed by atoms with Crippen LogP contribution in [0, 0.1) is 0 Å². The summed E-state index contributed by atoms with van der Waals surface area (Å²) in [5.41, 5.74) is 1.00. The zero-order chi connectivity index (χ0) is 16.6. The summed E-state index contributed by atoms with van der Waals surface area (Å²) in [5.74, 6) is 0.308. The molecule has 0 saturated heterocycles. The van der Waals surface area contributed by atoms with E-state index in [1.165, 1.54) is 12.1 Å². The lowest BCUT2D eigenvalue weighted by Gasteiger charge is -2.07. The number of aromatic hydroxyl groups is 1. The van der Waals surface area contributed by atoms with Gasteiger partial charge in [-0.3, -0.25) is 0 Å². The number of fused-ring (bicyclic) bond motifs is 1. The number of sulfonamides is 1. The van der Waals surface area contributed by atoms with Crippen LogP contribution in [-0.2, 0) is 10.0 Å². The number of rotatable bonds is 3. The SMILES string of the molecule is NS(=O)(=O)c1ccc(Nc2ncc3cc(Br)cc(O)c3n2)cc1. The molecule has 0 aliphatic rings. The Hall–Kier alpha value is -2.23. The van der Waals surface area contributed by atoms with Crippen molar-refractivity contribution in [1.82, 2.24) is 9.97 Å². The van der Waals surface area contributed by atoms with Crippen LogP contribution < -0.4 is 10.5 Å². The smallest absolute Gasteiger partial charge is 0.238 e. The molecule has 23 heavy (non-hydrogen) atoms. The number of phenols is 1. The summed E-state index contributed by atoms with van der Waals surface area (Å²) in [7, 11) is -3.73. The van der Waals surface area contributed by atoms with Gasteiger partial charge in [0, 0.05) is 21.7 Å². The number of phenolic OH excluding ortho intramolecular Hbond substituents is 1. The molecule has 1 aromatic heterocycles. The molecule has 9 heteroatoms. The Morgan fingerprint density at radius 2 is 1.87 bits per heavy atom. The number of hydrogen-bond donors (Lipinski definition) is 3. The number of nitrogens with two attached hydrogens (primary N) is 1. The second-order valence-corrected chi connectivity index (χ2v) is 7.23. The third kappa shape index (κ3) is 3.41. The van der Waals surface area contributed by atoms with Gasteiger partial charge >= 0.3 is 0 Å². The summed E-state index contributed by atoms with van der Waals surface area (Å²) in [6, 6.07) is 9.20. The minimum Gasteiger partial charge on any atom is -0.506 e. The van der Waals surface area contributed by atoms with E-state index in [9.17, 15) is 13.5 Å². The van der Waals surface area contributed by atoms with Gasteiger partial charge in [-0.2, -0.15) is 0 Å². The summed E-state index contributed by atoms with van der Waals surface area (Å²) in [5, 5.41) is 18.6. The predicted octanol–water partition coefficient (Wildman–Crippen LogP) is 2.49. The number of nitrogens with one attached hydrogen (secondary N) is 1. The molecule has 0 spiro atoms. The Labute approximate surface area is 140 Å². The van der Waals surface area contributed by atoms with Gasteiger partial charge in [-0.1, -0.05) is 15.9 Å². The van der Waals surface area contributed by atoms with E-state index in [4.69, 9.17) is 5.14 Å². The van der Waals surface area contributed by atoms with Gasteiger partial charge in [0.25, 0.3) is 0 Å². The van der Waals surface area contributed by atoms with Crippen molar-refractivity contribution < 1.29 is 13.5 Å². The average Bonchev–Trinajstić information content (AvgIpc) is 2.47. The third-order valence-corrected chi connectivity index (χ3v) is 4.45. The largest absolute Gasteiger partial charge is 0.506 e. The molecule has 3 rings (SSSR count). The van der Waals surface area contributed by atoms with Crippen molar-refractivity contribution in [2.24, 2.45) is 5.14 Å². The maximum Gasteiger partial charge on any atom is 0.238 e. The van der Waals surface area contributed by atoms with Gasteiger partial charge in [-0.05, 0) is 36.4 Å². The summed E-state index contributed by atoms with van der Waals surface area (Å²) in [6.07, 6.45) is 1.58. The van der Waals surface area contributed by atoms with E-state index in [2.05, 4.69) is 31.2 Å². The fourth-order valence-electron chi connectivity index (χ4n) is 2.01. The maximum atomic E-state index is 11.2. The molecule has 3 aromatic rings. The van der Waals surface area contributed by atoms with Crippen molar-refractivity contribution in [3.63, 3.8) is 0 Å². The van der Waals surface area contributed by atoms with Crippen LogP contribution >= 0.6 is 15.9 Å². The highest BCUT2D eigenvalue weighted by atomic mass is 79.9. The first-order valence-electron chi connectivity index (χ1n) is 6.38. The topological polar surface area (TPSA) is 118 Å². The van der Waals surface area contributed by atoms with E-state index >= 15 is 0 Å². The molecule has 7 nitrogen and oxygen atoms in total. The van der Waals surface area contributed by atoms with Crippen LogP contribution in [0.15, 0.2) is 52.0 Å². The highest BCUT2D eigenvalue weighted by molar-refractivity contribution is 9.10. The number of anilines is 2.